The van der Waals surface area contributed by atoms with E-state index in [1.54, 1.807) is 13.0 Å². The zero-order valence-corrected chi connectivity index (χ0v) is 9.21. The van der Waals surface area contributed by atoms with Crippen molar-refractivity contribution >= 4 is 5.97 Å². The van der Waals surface area contributed by atoms with Crippen LogP contribution in [0.3, 0.4) is 0 Å². The molecule has 0 aromatic carbocycles. The number of rotatable bonds is 7. The first-order valence-corrected chi connectivity index (χ1v) is 4.79. The molecule has 4 heteroatoms. The van der Waals surface area contributed by atoms with Crippen LogP contribution in [0.5, 0.6) is 0 Å². The van der Waals surface area contributed by atoms with E-state index in [1.165, 1.54) is 0 Å². The van der Waals surface area contributed by atoms with Gasteiger partial charge in [-0.25, -0.2) is 4.79 Å². The molecule has 0 spiro atoms. The number of carbonyl (C=O) groups is 1. The van der Waals surface area contributed by atoms with Gasteiger partial charge >= 0.3 is 5.97 Å². The first-order valence-electron chi connectivity index (χ1n) is 4.79. The van der Waals surface area contributed by atoms with Crippen LogP contribution < -0.4 is 5.32 Å². The highest BCUT2D eigenvalue weighted by molar-refractivity contribution is 5.85. The average molecular weight is 200 g/mol. The Kier molecular flexibility index (Phi) is 7.06. The molecule has 0 saturated carbocycles. The molecule has 0 radical (unpaired) electrons. The molecule has 0 aliphatic carbocycles. The van der Waals surface area contributed by atoms with Gasteiger partial charge in [-0.3, -0.25) is 0 Å². The highest BCUT2D eigenvalue weighted by Gasteiger charge is 1.97. The van der Waals surface area contributed by atoms with Crippen molar-refractivity contribution in [3.63, 3.8) is 0 Å². The lowest BCUT2D eigenvalue weighted by atomic mass is 10.3. The molecule has 82 valence electrons. The molecule has 0 aliphatic rings. The van der Waals surface area contributed by atoms with Crippen LogP contribution >= 0.6 is 0 Å². The summed E-state index contributed by atoms with van der Waals surface area (Å²) in [4.78, 5) is 12.5. The predicted octanol–water partition coefficient (Wildman–Crippen LogP) is 0.559. The molecule has 0 saturated heterocycles. The Morgan fingerprint density at radius 3 is 2.64 bits per heavy atom. The molecule has 0 aromatic rings. The number of carboxylic acid groups (broad SMARTS) is 1. The number of aliphatic carboxylic acids is 1. The summed E-state index contributed by atoms with van der Waals surface area (Å²) < 4.78 is 0. The first-order chi connectivity index (χ1) is 6.54. The molecule has 0 unspecified atom stereocenters. The second kappa shape index (κ2) is 7.53. The van der Waals surface area contributed by atoms with Crippen LogP contribution in [0.15, 0.2) is 11.6 Å². The lowest BCUT2D eigenvalue weighted by Gasteiger charge is -2.08. The number of hydrogen-bond acceptors (Lipinski definition) is 3. The fraction of sp³-hybridized carbons (Fsp3) is 0.700. The van der Waals surface area contributed by atoms with Gasteiger partial charge in [0.15, 0.2) is 0 Å². The Labute approximate surface area is 85.6 Å². The number of hydrogen-bond donors (Lipinski definition) is 2. The maximum Gasteiger partial charge on any atom is 0.330 e. The lowest BCUT2D eigenvalue weighted by molar-refractivity contribution is -0.132. The van der Waals surface area contributed by atoms with Crippen molar-refractivity contribution in [1.29, 1.82) is 0 Å². The van der Waals surface area contributed by atoms with E-state index in [2.05, 4.69) is 10.2 Å². The topological polar surface area (TPSA) is 52.6 Å². The number of nitrogens with zero attached hydrogens (tertiary/aromatic N) is 1. The Hall–Kier alpha value is -0.870. The van der Waals surface area contributed by atoms with Gasteiger partial charge in [-0.15, -0.1) is 0 Å². The van der Waals surface area contributed by atoms with Gasteiger partial charge in [0.25, 0.3) is 0 Å². The van der Waals surface area contributed by atoms with Crippen LogP contribution in [0.2, 0.25) is 0 Å². The van der Waals surface area contributed by atoms with Crippen LogP contribution in [0, 0.1) is 0 Å². The molecule has 0 fully saturated rings. The van der Waals surface area contributed by atoms with Crippen molar-refractivity contribution in [1.82, 2.24) is 10.2 Å². The van der Waals surface area contributed by atoms with Crippen LogP contribution in [0.4, 0.5) is 0 Å². The van der Waals surface area contributed by atoms with Crippen molar-refractivity contribution in [3.8, 4) is 0 Å². The smallest absolute Gasteiger partial charge is 0.330 e. The molecule has 0 atom stereocenters. The maximum absolute atomic E-state index is 10.4. The largest absolute Gasteiger partial charge is 0.478 e. The summed E-state index contributed by atoms with van der Waals surface area (Å²) >= 11 is 0. The summed E-state index contributed by atoms with van der Waals surface area (Å²) in [6.07, 6.45) is 2.77. The molecular weight excluding hydrogens is 180 g/mol. The molecule has 0 aliphatic heterocycles. The maximum atomic E-state index is 10.4. The third-order valence-corrected chi connectivity index (χ3v) is 1.85. The molecule has 4 nitrogen and oxygen atoms in total. The van der Waals surface area contributed by atoms with Crippen LogP contribution in [0.1, 0.15) is 13.3 Å². The molecule has 0 bridgehead atoms. The highest BCUT2D eigenvalue weighted by Crippen LogP contribution is 1.89. The van der Waals surface area contributed by atoms with Crippen molar-refractivity contribution in [2.45, 2.75) is 13.3 Å². The number of carboxylic acids is 1. The summed E-state index contributed by atoms with van der Waals surface area (Å²) in [5.74, 6) is -0.847. The Bertz CT molecular complexity index is 200. The normalized spacial score (nSPS) is 12.1. The summed E-state index contributed by atoms with van der Waals surface area (Å²) in [5, 5.41) is 11.7. The fourth-order valence-corrected chi connectivity index (χ4v) is 0.935. The minimum Gasteiger partial charge on any atom is -0.478 e. The molecule has 0 rings (SSSR count). The summed E-state index contributed by atoms with van der Waals surface area (Å²) in [6, 6.07) is 0. The second-order valence-corrected chi connectivity index (χ2v) is 3.55. The van der Waals surface area contributed by atoms with Crippen LogP contribution in [0.25, 0.3) is 0 Å². The molecule has 2 N–H and O–H groups in total. The van der Waals surface area contributed by atoms with E-state index in [0.29, 0.717) is 12.1 Å². The third kappa shape index (κ3) is 7.76. The van der Waals surface area contributed by atoms with Crippen molar-refractivity contribution in [2.24, 2.45) is 0 Å². The standard InChI is InChI=1S/C10H20N2O2/c1-9(10(13)14)5-7-11-6-4-8-12(2)3/h5,11H,4,6-8H2,1-3H3,(H,13,14)/b9-5-. The van der Waals surface area contributed by atoms with Crippen LogP contribution in [-0.4, -0.2) is 49.7 Å². The molecule has 0 aromatic heterocycles. The van der Waals surface area contributed by atoms with E-state index in [4.69, 9.17) is 5.11 Å². The Morgan fingerprint density at radius 1 is 1.50 bits per heavy atom. The monoisotopic (exact) mass is 200 g/mol. The van der Waals surface area contributed by atoms with Gasteiger partial charge in [0.05, 0.1) is 0 Å². The second-order valence-electron chi connectivity index (χ2n) is 3.55. The minimum atomic E-state index is -0.847. The molecule has 0 heterocycles. The van der Waals surface area contributed by atoms with Gasteiger partial charge < -0.3 is 15.3 Å². The highest BCUT2D eigenvalue weighted by atomic mass is 16.4. The van der Waals surface area contributed by atoms with Gasteiger partial charge in [-0.05, 0) is 40.5 Å². The van der Waals surface area contributed by atoms with Gasteiger partial charge in [0, 0.05) is 12.1 Å². The van der Waals surface area contributed by atoms with Crippen molar-refractivity contribution in [3.05, 3.63) is 11.6 Å². The first kappa shape index (κ1) is 13.1. The SMILES string of the molecule is C/C(=C/CNCCCN(C)C)C(=O)O. The zero-order valence-electron chi connectivity index (χ0n) is 9.21. The van der Waals surface area contributed by atoms with Gasteiger partial charge in [0.1, 0.15) is 0 Å². The van der Waals surface area contributed by atoms with Gasteiger partial charge in [0.2, 0.25) is 0 Å². The van der Waals surface area contributed by atoms with Crippen LogP contribution in [-0.2, 0) is 4.79 Å². The average Bonchev–Trinajstić information content (AvgIpc) is 2.09. The number of nitrogens with one attached hydrogen (secondary N) is 1. The molecule has 14 heavy (non-hydrogen) atoms. The molecule has 0 amide bonds. The summed E-state index contributed by atoms with van der Waals surface area (Å²) in [6.45, 7) is 4.20. The van der Waals surface area contributed by atoms with Crippen molar-refractivity contribution in [2.75, 3.05) is 33.7 Å². The van der Waals surface area contributed by atoms with E-state index in [0.717, 1.165) is 19.5 Å². The quantitative estimate of drug-likeness (QED) is 0.466. The van der Waals surface area contributed by atoms with Gasteiger partial charge in [-0.2, -0.15) is 0 Å². The summed E-state index contributed by atoms with van der Waals surface area (Å²) in [7, 11) is 4.07. The Balaban J connectivity index is 3.38. The zero-order chi connectivity index (χ0) is 11.0. The van der Waals surface area contributed by atoms with E-state index in [1.807, 2.05) is 14.1 Å². The lowest BCUT2D eigenvalue weighted by Crippen LogP contribution is -2.21. The van der Waals surface area contributed by atoms with E-state index in [9.17, 15) is 4.79 Å². The third-order valence-electron chi connectivity index (χ3n) is 1.85. The van der Waals surface area contributed by atoms with E-state index in [-0.39, 0.29) is 0 Å². The fourth-order valence-electron chi connectivity index (χ4n) is 0.935. The van der Waals surface area contributed by atoms with E-state index < -0.39 is 5.97 Å². The minimum absolute atomic E-state index is 0.394. The summed E-state index contributed by atoms with van der Waals surface area (Å²) in [5.41, 5.74) is 0.394. The Morgan fingerprint density at radius 2 is 2.14 bits per heavy atom. The van der Waals surface area contributed by atoms with E-state index >= 15 is 0 Å². The van der Waals surface area contributed by atoms with Crippen molar-refractivity contribution < 1.29 is 9.90 Å². The predicted molar refractivity (Wildman–Crippen MR) is 57.4 cm³/mol. The molecular formula is C10H20N2O2. The van der Waals surface area contributed by atoms with Gasteiger partial charge in [-0.1, -0.05) is 6.08 Å².